The van der Waals surface area contributed by atoms with Crippen LogP contribution >= 0.6 is 11.6 Å². The number of rotatable bonds is 3. The molecule has 2 aromatic rings. The summed E-state index contributed by atoms with van der Waals surface area (Å²) in [4.78, 5) is 15.3. The van der Waals surface area contributed by atoms with E-state index >= 15 is 0 Å². The molecular weight excluding hydrogens is 300 g/mol. The molecule has 2 aromatic heterocycles. The van der Waals surface area contributed by atoms with Gasteiger partial charge in [0, 0.05) is 32.8 Å². The zero-order chi connectivity index (χ0) is 14.9. The van der Waals surface area contributed by atoms with E-state index in [1.54, 1.807) is 6.20 Å². The predicted molar refractivity (Wildman–Crippen MR) is 84.7 cm³/mol. The molecule has 22 heavy (non-hydrogen) atoms. The highest BCUT2D eigenvalue weighted by Crippen LogP contribution is 2.31. The van der Waals surface area contributed by atoms with E-state index in [-0.39, 0.29) is 5.28 Å². The van der Waals surface area contributed by atoms with Crippen LogP contribution in [0.1, 0.15) is 18.5 Å². The van der Waals surface area contributed by atoms with Crippen LogP contribution in [0.4, 0.5) is 0 Å². The summed E-state index contributed by atoms with van der Waals surface area (Å²) in [6.45, 7) is 5.15. The molecule has 0 aromatic carbocycles. The quantitative estimate of drug-likeness (QED) is 0.814. The highest BCUT2D eigenvalue weighted by atomic mass is 35.5. The van der Waals surface area contributed by atoms with Crippen LogP contribution < -0.4 is 0 Å². The van der Waals surface area contributed by atoms with E-state index in [0.717, 1.165) is 48.3 Å². The van der Waals surface area contributed by atoms with E-state index in [4.69, 9.17) is 16.3 Å². The lowest BCUT2D eigenvalue weighted by Crippen LogP contribution is -2.50. The molecule has 4 rings (SSSR count). The fraction of sp³-hybridized carbons (Fsp3) is 0.562. The Balaban J connectivity index is 1.37. The topological polar surface area (TPSA) is 51.1 Å². The predicted octanol–water partition coefficient (Wildman–Crippen LogP) is 2.54. The first kappa shape index (κ1) is 14.3. The molecule has 116 valence electrons. The number of likely N-dealkylation sites (tertiary alicyclic amines) is 1. The Labute approximate surface area is 134 Å². The van der Waals surface area contributed by atoms with Gasteiger partial charge in [-0.3, -0.25) is 4.90 Å². The number of ether oxygens (including phenoxy) is 1. The maximum Gasteiger partial charge on any atom is 0.223 e. The molecule has 0 atom stereocenters. The largest absolute Gasteiger partial charge is 0.381 e. The summed E-state index contributed by atoms with van der Waals surface area (Å²) in [6.07, 6.45) is 4.14. The molecule has 0 unspecified atom stereocenters. The summed E-state index contributed by atoms with van der Waals surface area (Å²) in [5.74, 6) is 1.69. The van der Waals surface area contributed by atoms with Gasteiger partial charge in [0.05, 0.1) is 17.4 Å². The van der Waals surface area contributed by atoms with Crippen molar-refractivity contribution in [2.45, 2.75) is 19.4 Å². The SMILES string of the molecule is Clc1ncc2nc(CN3CC(C4CCOCC4)C3)ccc2n1. The molecule has 0 amide bonds. The van der Waals surface area contributed by atoms with Crippen LogP contribution in [0.2, 0.25) is 5.28 Å². The summed E-state index contributed by atoms with van der Waals surface area (Å²) in [7, 11) is 0. The first-order valence-electron chi connectivity index (χ1n) is 7.86. The lowest BCUT2D eigenvalue weighted by molar-refractivity contribution is -0.0108. The summed E-state index contributed by atoms with van der Waals surface area (Å²) in [5.41, 5.74) is 2.68. The Morgan fingerprint density at radius 1 is 1.09 bits per heavy atom. The van der Waals surface area contributed by atoms with Gasteiger partial charge in [-0.2, -0.15) is 0 Å². The Hall–Kier alpha value is -1.30. The minimum atomic E-state index is 0.268. The van der Waals surface area contributed by atoms with Crippen LogP contribution in [0.25, 0.3) is 11.0 Å². The molecule has 0 radical (unpaired) electrons. The molecule has 0 bridgehead atoms. The Morgan fingerprint density at radius 2 is 1.91 bits per heavy atom. The van der Waals surface area contributed by atoms with Crippen molar-refractivity contribution in [1.29, 1.82) is 0 Å². The average Bonchev–Trinajstić information content (AvgIpc) is 2.51. The van der Waals surface area contributed by atoms with Crippen molar-refractivity contribution in [3.63, 3.8) is 0 Å². The van der Waals surface area contributed by atoms with E-state index in [1.807, 2.05) is 12.1 Å². The van der Waals surface area contributed by atoms with Crippen LogP contribution in [0.15, 0.2) is 18.3 Å². The number of hydrogen-bond donors (Lipinski definition) is 0. The van der Waals surface area contributed by atoms with Gasteiger partial charge in [0.2, 0.25) is 5.28 Å². The van der Waals surface area contributed by atoms with Crippen molar-refractivity contribution in [3.05, 3.63) is 29.3 Å². The van der Waals surface area contributed by atoms with Gasteiger partial charge in [-0.15, -0.1) is 0 Å². The van der Waals surface area contributed by atoms with Crippen molar-refractivity contribution in [3.8, 4) is 0 Å². The summed E-state index contributed by atoms with van der Waals surface area (Å²) in [5, 5.41) is 0.268. The fourth-order valence-electron chi connectivity index (χ4n) is 3.48. The molecule has 2 saturated heterocycles. The Morgan fingerprint density at radius 3 is 2.73 bits per heavy atom. The van der Waals surface area contributed by atoms with Crippen LogP contribution in [-0.2, 0) is 11.3 Å². The maximum atomic E-state index is 5.80. The normalized spacial score (nSPS) is 21.1. The molecule has 0 aliphatic carbocycles. The minimum absolute atomic E-state index is 0.268. The van der Waals surface area contributed by atoms with Crippen molar-refractivity contribution in [2.24, 2.45) is 11.8 Å². The molecule has 0 N–H and O–H groups in total. The monoisotopic (exact) mass is 318 g/mol. The molecule has 2 aliphatic rings. The summed E-state index contributed by atoms with van der Waals surface area (Å²) >= 11 is 5.80. The standard InChI is InChI=1S/C16H19ClN4O/c17-16-18-7-15-14(20-16)2-1-13(19-15)10-21-8-12(9-21)11-3-5-22-6-4-11/h1-2,7,11-12H,3-6,8-10H2. The van der Waals surface area contributed by atoms with Gasteiger partial charge in [0.25, 0.3) is 0 Å². The van der Waals surface area contributed by atoms with Gasteiger partial charge in [-0.1, -0.05) is 0 Å². The second-order valence-electron chi connectivity index (χ2n) is 6.25. The number of nitrogens with zero attached hydrogens (tertiary/aromatic N) is 4. The Kier molecular flexibility index (Phi) is 3.94. The van der Waals surface area contributed by atoms with Crippen molar-refractivity contribution in [1.82, 2.24) is 19.9 Å². The van der Waals surface area contributed by atoms with Gasteiger partial charge < -0.3 is 4.74 Å². The number of aromatic nitrogens is 3. The van der Waals surface area contributed by atoms with Gasteiger partial charge >= 0.3 is 0 Å². The van der Waals surface area contributed by atoms with Crippen LogP contribution in [0.5, 0.6) is 0 Å². The Bertz CT molecular complexity index is 668. The fourth-order valence-corrected chi connectivity index (χ4v) is 3.62. The highest BCUT2D eigenvalue weighted by Gasteiger charge is 2.34. The third kappa shape index (κ3) is 2.93. The van der Waals surface area contributed by atoms with Gasteiger partial charge in [-0.05, 0) is 48.4 Å². The minimum Gasteiger partial charge on any atom is -0.381 e. The molecule has 2 fully saturated rings. The highest BCUT2D eigenvalue weighted by molar-refractivity contribution is 6.28. The molecule has 2 aliphatic heterocycles. The first-order chi connectivity index (χ1) is 10.8. The third-order valence-corrected chi connectivity index (χ3v) is 4.95. The summed E-state index contributed by atoms with van der Waals surface area (Å²) in [6, 6.07) is 4.01. The average molecular weight is 319 g/mol. The van der Waals surface area contributed by atoms with Crippen LogP contribution in [-0.4, -0.2) is 46.2 Å². The number of fused-ring (bicyclic) bond motifs is 1. The van der Waals surface area contributed by atoms with Gasteiger partial charge in [-0.25, -0.2) is 15.0 Å². The number of hydrogen-bond acceptors (Lipinski definition) is 5. The zero-order valence-electron chi connectivity index (χ0n) is 12.4. The van der Waals surface area contributed by atoms with Gasteiger partial charge in [0.15, 0.2) is 0 Å². The van der Waals surface area contributed by atoms with Crippen LogP contribution in [0.3, 0.4) is 0 Å². The smallest absolute Gasteiger partial charge is 0.223 e. The molecule has 0 spiro atoms. The van der Waals surface area contributed by atoms with Crippen molar-refractivity contribution in [2.75, 3.05) is 26.3 Å². The lowest BCUT2D eigenvalue weighted by atomic mass is 9.81. The summed E-state index contributed by atoms with van der Waals surface area (Å²) < 4.78 is 5.45. The maximum absolute atomic E-state index is 5.80. The van der Waals surface area contributed by atoms with E-state index in [2.05, 4.69) is 19.9 Å². The van der Waals surface area contributed by atoms with E-state index in [1.165, 1.54) is 25.9 Å². The lowest BCUT2D eigenvalue weighted by Gasteiger charge is -2.44. The second-order valence-corrected chi connectivity index (χ2v) is 6.59. The molecule has 6 heteroatoms. The molecule has 0 saturated carbocycles. The third-order valence-electron chi connectivity index (χ3n) is 4.77. The van der Waals surface area contributed by atoms with Crippen molar-refractivity contribution < 1.29 is 4.74 Å². The first-order valence-corrected chi connectivity index (χ1v) is 8.24. The van der Waals surface area contributed by atoms with Gasteiger partial charge in [0.1, 0.15) is 5.52 Å². The van der Waals surface area contributed by atoms with Crippen LogP contribution in [0, 0.1) is 11.8 Å². The zero-order valence-corrected chi connectivity index (χ0v) is 13.2. The van der Waals surface area contributed by atoms with E-state index < -0.39 is 0 Å². The number of halogens is 1. The second kappa shape index (κ2) is 6.07. The van der Waals surface area contributed by atoms with E-state index in [0.29, 0.717) is 0 Å². The number of pyridine rings is 1. The molecule has 5 nitrogen and oxygen atoms in total. The molecule has 4 heterocycles. The molecular formula is C16H19ClN4O. The van der Waals surface area contributed by atoms with E-state index in [9.17, 15) is 0 Å². The van der Waals surface area contributed by atoms with Crippen molar-refractivity contribution >= 4 is 22.6 Å².